The Labute approximate surface area is 241 Å². The lowest BCUT2D eigenvalue weighted by atomic mass is 9.83. The first-order valence-corrected chi connectivity index (χ1v) is 14.2. The molecule has 0 N–H and O–H groups in total. The highest BCUT2D eigenvalue weighted by Crippen LogP contribution is 2.44. The second-order valence-corrected chi connectivity index (χ2v) is 11.2. The maximum absolute atomic E-state index is 14.3. The summed E-state index contributed by atoms with van der Waals surface area (Å²) in [6, 6.07) is 12.0. The fourth-order valence-corrected chi connectivity index (χ4v) is 6.25. The van der Waals surface area contributed by atoms with Gasteiger partial charge in [0.1, 0.15) is 6.54 Å². The molecule has 0 aromatic heterocycles. The fraction of sp³-hybridized carbons (Fsp3) is 0.419. The number of amides is 3. The lowest BCUT2D eigenvalue weighted by Crippen LogP contribution is -2.56. The average molecular weight is 578 g/mol. The van der Waals surface area contributed by atoms with Crippen LogP contribution in [0.4, 0.5) is 23.7 Å². The average Bonchev–Trinajstić information content (AvgIpc) is 3.84. The molecule has 2 heterocycles. The maximum atomic E-state index is 14.3. The normalized spacial score (nSPS) is 21.9. The number of nitrogens with zero attached hydrogens (tertiary/aromatic N) is 5. The summed E-state index contributed by atoms with van der Waals surface area (Å²) in [6.07, 6.45) is -1.30. The van der Waals surface area contributed by atoms with Crippen LogP contribution in [0.25, 0.3) is 0 Å². The molecular weight excluding hydrogens is 547 g/mol. The van der Waals surface area contributed by atoms with E-state index >= 15 is 0 Å². The number of alkyl halides is 3. The van der Waals surface area contributed by atoms with Crippen molar-refractivity contribution < 1.29 is 27.6 Å². The molecule has 8 nitrogen and oxygen atoms in total. The van der Waals surface area contributed by atoms with Gasteiger partial charge < -0.3 is 9.80 Å². The minimum atomic E-state index is -4.63. The molecule has 4 aliphatic rings. The van der Waals surface area contributed by atoms with Crippen LogP contribution in [0, 0.1) is 11.3 Å². The number of nitriles is 1. The highest BCUT2D eigenvalue weighted by Gasteiger charge is 2.46. The van der Waals surface area contributed by atoms with Gasteiger partial charge in [0.05, 0.1) is 28.9 Å². The lowest BCUT2D eigenvalue weighted by Gasteiger charge is -2.46. The zero-order chi connectivity index (χ0) is 29.6. The molecule has 1 saturated carbocycles. The molecule has 218 valence electrons. The van der Waals surface area contributed by atoms with Gasteiger partial charge in [0.2, 0.25) is 5.91 Å². The van der Waals surface area contributed by atoms with Gasteiger partial charge in [-0.3, -0.25) is 19.4 Å². The third-order valence-electron chi connectivity index (χ3n) is 8.54. The number of carbonyl (C=O) groups is 3. The van der Waals surface area contributed by atoms with Crippen molar-refractivity contribution in [3.63, 3.8) is 0 Å². The van der Waals surface area contributed by atoms with Crippen LogP contribution in [0.1, 0.15) is 54.8 Å². The van der Waals surface area contributed by atoms with Gasteiger partial charge in [0.25, 0.3) is 0 Å². The van der Waals surface area contributed by atoms with Crippen molar-refractivity contribution in [2.24, 2.45) is 0 Å². The number of ketones is 1. The van der Waals surface area contributed by atoms with Crippen LogP contribution in [0.2, 0.25) is 0 Å². The van der Waals surface area contributed by atoms with E-state index in [0.717, 1.165) is 25.2 Å². The topological polar surface area (TPSA) is 88.0 Å². The van der Waals surface area contributed by atoms with Gasteiger partial charge in [-0.05, 0) is 61.6 Å². The van der Waals surface area contributed by atoms with Crippen LogP contribution in [0.3, 0.4) is 0 Å². The molecule has 1 unspecified atom stereocenters. The third kappa shape index (κ3) is 5.27. The Kier molecular flexibility index (Phi) is 7.27. The van der Waals surface area contributed by atoms with E-state index in [0.29, 0.717) is 54.4 Å². The summed E-state index contributed by atoms with van der Waals surface area (Å²) in [7, 11) is 0. The van der Waals surface area contributed by atoms with Crippen LogP contribution < -0.4 is 4.90 Å². The first-order valence-electron chi connectivity index (χ1n) is 14.2. The molecule has 0 radical (unpaired) electrons. The smallest absolute Gasteiger partial charge is 0.339 e. The monoisotopic (exact) mass is 577 g/mol. The van der Waals surface area contributed by atoms with Crippen LogP contribution in [-0.4, -0.2) is 71.2 Å². The minimum absolute atomic E-state index is 0.00852. The highest BCUT2D eigenvalue weighted by molar-refractivity contribution is 6.07. The zero-order valence-corrected chi connectivity index (χ0v) is 22.9. The Morgan fingerprint density at radius 1 is 0.976 bits per heavy atom. The summed E-state index contributed by atoms with van der Waals surface area (Å²) in [5.74, 6) is -0.501. The van der Waals surface area contributed by atoms with Gasteiger partial charge in [0, 0.05) is 49.9 Å². The van der Waals surface area contributed by atoms with E-state index in [4.69, 9.17) is 0 Å². The van der Waals surface area contributed by atoms with Gasteiger partial charge in [0.15, 0.2) is 5.78 Å². The number of Topliss-reactive ketones (excluding diaryl/α,β-unsaturated/α-hetero) is 1. The minimum Gasteiger partial charge on any atom is -0.339 e. The van der Waals surface area contributed by atoms with Crippen molar-refractivity contribution in [2.75, 3.05) is 37.6 Å². The zero-order valence-electron chi connectivity index (χ0n) is 22.9. The van der Waals surface area contributed by atoms with E-state index in [1.165, 1.54) is 34.8 Å². The van der Waals surface area contributed by atoms with Gasteiger partial charge in [-0.1, -0.05) is 18.2 Å². The fourth-order valence-electron chi connectivity index (χ4n) is 6.25. The summed E-state index contributed by atoms with van der Waals surface area (Å²) in [5.41, 5.74) is 0.682. The molecule has 2 fully saturated rings. The number of halogens is 3. The van der Waals surface area contributed by atoms with Crippen molar-refractivity contribution in [3.8, 4) is 6.07 Å². The summed E-state index contributed by atoms with van der Waals surface area (Å²) < 4.78 is 41.0. The standard InChI is InChI=1S/C31H30F3N5O3/c32-31(33,34)22-3-1-4-24(17-22)39-25-5-2-6-26(40)28(25)29(21-9-7-20(18-35)8-10-21)38(30(39)42)19-27(41)37-15-13-36(14-16-37)23-11-12-23/h1,3-4,7-10,17,23,29H,2,5-6,11-16,19H2. The molecule has 3 amide bonds. The third-order valence-corrected chi connectivity index (χ3v) is 8.54. The Morgan fingerprint density at radius 3 is 2.33 bits per heavy atom. The number of hydrogen-bond donors (Lipinski definition) is 0. The summed E-state index contributed by atoms with van der Waals surface area (Å²) >= 11 is 0. The molecule has 1 atom stereocenters. The Morgan fingerprint density at radius 2 is 1.69 bits per heavy atom. The number of carbonyl (C=O) groups excluding carboxylic acids is 3. The van der Waals surface area contributed by atoms with Gasteiger partial charge in [-0.2, -0.15) is 18.4 Å². The molecule has 2 aromatic rings. The number of rotatable bonds is 5. The Balaban J connectivity index is 1.41. The molecule has 0 bridgehead atoms. The molecule has 1 saturated heterocycles. The summed E-state index contributed by atoms with van der Waals surface area (Å²) in [6.45, 7) is 2.18. The van der Waals surface area contributed by atoms with E-state index in [-0.39, 0.29) is 30.3 Å². The number of allylic oxidation sites excluding steroid dienone is 1. The molecule has 0 spiro atoms. The molecule has 6 rings (SSSR count). The van der Waals surface area contributed by atoms with Crippen molar-refractivity contribution in [2.45, 2.75) is 50.4 Å². The van der Waals surface area contributed by atoms with Crippen LogP contribution in [-0.2, 0) is 15.8 Å². The van der Waals surface area contributed by atoms with Crippen LogP contribution in [0.5, 0.6) is 0 Å². The maximum Gasteiger partial charge on any atom is 0.416 e. The first-order chi connectivity index (χ1) is 20.2. The molecule has 42 heavy (non-hydrogen) atoms. The molecule has 11 heteroatoms. The van der Waals surface area contributed by atoms with E-state index in [1.807, 2.05) is 0 Å². The molecular formula is C31H30F3N5O3. The van der Waals surface area contributed by atoms with Gasteiger partial charge in [-0.15, -0.1) is 0 Å². The second kappa shape index (κ2) is 10.9. The Bertz CT molecular complexity index is 1480. The largest absolute Gasteiger partial charge is 0.416 e. The SMILES string of the molecule is N#Cc1ccc(C2C3=C(CCCC3=O)N(c3cccc(C(F)(F)F)c3)C(=O)N2CC(=O)N2CCN(C3CC3)CC2)cc1. The predicted molar refractivity (Wildman–Crippen MR) is 147 cm³/mol. The van der Waals surface area contributed by atoms with Crippen molar-refractivity contribution in [1.29, 1.82) is 5.26 Å². The highest BCUT2D eigenvalue weighted by atomic mass is 19.4. The number of benzene rings is 2. The molecule has 2 aliphatic carbocycles. The van der Waals surface area contributed by atoms with Crippen LogP contribution in [0.15, 0.2) is 59.8 Å². The number of hydrogen-bond acceptors (Lipinski definition) is 5. The quantitative estimate of drug-likeness (QED) is 0.506. The van der Waals surface area contributed by atoms with Crippen LogP contribution >= 0.6 is 0 Å². The summed E-state index contributed by atoms with van der Waals surface area (Å²) in [5, 5.41) is 9.30. The lowest BCUT2D eigenvalue weighted by molar-refractivity contribution is -0.137. The Hall–Kier alpha value is -4.17. The van der Waals surface area contributed by atoms with Crippen molar-refractivity contribution in [3.05, 3.63) is 76.5 Å². The number of piperazine rings is 1. The second-order valence-electron chi connectivity index (χ2n) is 11.2. The first kappa shape index (κ1) is 28.0. The van der Waals surface area contributed by atoms with E-state index in [9.17, 15) is 32.8 Å². The summed E-state index contributed by atoms with van der Waals surface area (Å²) in [4.78, 5) is 48.1. The predicted octanol–water partition coefficient (Wildman–Crippen LogP) is 4.87. The van der Waals surface area contributed by atoms with Crippen molar-refractivity contribution >= 4 is 23.4 Å². The van der Waals surface area contributed by atoms with E-state index in [1.54, 1.807) is 29.2 Å². The number of anilines is 1. The van der Waals surface area contributed by atoms with Gasteiger partial charge in [-0.25, -0.2) is 4.79 Å². The van der Waals surface area contributed by atoms with Crippen molar-refractivity contribution in [1.82, 2.24) is 14.7 Å². The molecule has 2 aliphatic heterocycles. The molecule has 2 aromatic carbocycles. The van der Waals surface area contributed by atoms with E-state index in [2.05, 4.69) is 11.0 Å². The van der Waals surface area contributed by atoms with Gasteiger partial charge >= 0.3 is 12.2 Å². The number of urea groups is 1. The van der Waals surface area contributed by atoms with E-state index < -0.39 is 23.8 Å².